The van der Waals surface area contributed by atoms with Gasteiger partial charge in [0, 0.05) is 35.0 Å². The Kier molecular flexibility index (Phi) is 5.34. The fraction of sp³-hybridized carbons (Fsp3) is 0.458. The molecule has 1 saturated carbocycles. The smallest absolute Gasteiger partial charge is 0.257 e. The van der Waals surface area contributed by atoms with Crippen LogP contribution in [0.5, 0.6) is 5.75 Å². The second kappa shape index (κ2) is 7.97. The van der Waals surface area contributed by atoms with Gasteiger partial charge in [0.05, 0.1) is 6.20 Å². The van der Waals surface area contributed by atoms with E-state index in [-0.39, 0.29) is 18.1 Å². The summed E-state index contributed by atoms with van der Waals surface area (Å²) in [6, 6.07) is 7.06. The number of aliphatic imine (C=N–C) groups is 1. The molecule has 1 amide bonds. The molecule has 0 bridgehead atoms. The van der Waals surface area contributed by atoms with Crippen LogP contribution in [0.25, 0.3) is 11.1 Å². The van der Waals surface area contributed by atoms with Crippen molar-refractivity contribution in [1.29, 1.82) is 0 Å². The molecule has 1 aliphatic carbocycles. The fourth-order valence-corrected chi connectivity index (χ4v) is 6.16. The molecule has 1 spiro atoms. The van der Waals surface area contributed by atoms with Crippen LogP contribution in [0.4, 0.5) is 8.78 Å². The van der Waals surface area contributed by atoms with Crippen LogP contribution in [0.15, 0.2) is 41.7 Å². The summed E-state index contributed by atoms with van der Waals surface area (Å²) in [6.07, 6.45) is 4.74. The van der Waals surface area contributed by atoms with Gasteiger partial charge < -0.3 is 15.8 Å². The van der Waals surface area contributed by atoms with Gasteiger partial charge in [0.1, 0.15) is 23.2 Å². The topological polar surface area (TPSA) is 89.6 Å². The number of rotatable bonds is 3. The van der Waals surface area contributed by atoms with Gasteiger partial charge in [-0.1, -0.05) is 17.8 Å². The first kappa shape index (κ1) is 22.1. The standard InChI is InChI=1S/C24H26F2N4O2S/c1-23(2,26)21(31)29-16-4-6-20-18(9-16)24(12-33-22(27)30-24)17-8-13(3-5-19(17)32-20)14-7-15(25)11-28-10-14/h3,5,7-8,10-11,16,18,20H,4,6,9,12H2,1-2H3,(H2,27,30)(H,29,31)/t16-,18-,20-,24?/m0/s1. The monoisotopic (exact) mass is 472 g/mol. The van der Waals surface area contributed by atoms with Crippen LogP contribution >= 0.6 is 11.8 Å². The zero-order valence-electron chi connectivity index (χ0n) is 18.5. The third kappa shape index (κ3) is 3.96. The second-order valence-corrected chi connectivity index (χ2v) is 10.5. The summed E-state index contributed by atoms with van der Waals surface area (Å²) in [5.41, 5.74) is 5.96. The van der Waals surface area contributed by atoms with Crippen LogP contribution < -0.4 is 15.8 Å². The number of carbonyl (C=O) groups is 1. The van der Waals surface area contributed by atoms with Crippen molar-refractivity contribution in [2.24, 2.45) is 16.6 Å². The van der Waals surface area contributed by atoms with E-state index in [1.165, 1.54) is 37.9 Å². The van der Waals surface area contributed by atoms with Crippen molar-refractivity contribution in [1.82, 2.24) is 10.3 Å². The lowest BCUT2D eigenvalue weighted by Gasteiger charge is -2.49. The van der Waals surface area contributed by atoms with Crippen LogP contribution in [0.1, 0.15) is 38.7 Å². The van der Waals surface area contributed by atoms with E-state index in [0.717, 1.165) is 23.3 Å². The van der Waals surface area contributed by atoms with Crippen molar-refractivity contribution < 1.29 is 18.3 Å². The molecule has 0 saturated heterocycles. The lowest BCUT2D eigenvalue weighted by Crippen LogP contribution is -2.55. The Morgan fingerprint density at radius 3 is 2.79 bits per heavy atom. The van der Waals surface area contributed by atoms with Gasteiger partial charge >= 0.3 is 0 Å². The maximum absolute atomic E-state index is 14.1. The summed E-state index contributed by atoms with van der Waals surface area (Å²) in [4.78, 5) is 21.2. The average molecular weight is 473 g/mol. The average Bonchev–Trinajstić information content (AvgIpc) is 3.16. The maximum atomic E-state index is 14.1. The number of amidine groups is 1. The molecule has 3 N–H and O–H groups in total. The Labute approximate surface area is 195 Å². The molecule has 174 valence electrons. The van der Waals surface area contributed by atoms with E-state index >= 15 is 0 Å². The minimum absolute atomic E-state index is 0.0405. The molecule has 3 heterocycles. The highest BCUT2D eigenvalue weighted by atomic mass is 32.2. The van der Waals surface area contributed by atoms with Gasteiger partial charge in [0.15, 0.2) is 10.8 Å². The van der Waals surface area contributed by atoms with Gasteiger partial charge in [0.25, 0.3) is 5.91 Å². The van der Waals surface area contributed by atoms with Gasteiger partial charge in [-0.2, -0.15) is 0 Å². The summed E-state index contributed by atoms with van der Waals surface area (Å²) in [5, 5.41) is 3.38. The Bertz CT molecular complexity index is 1140. The maximum Gasteiger partial charge on any atom is 0.257 e. The normalized spacial score (nSPS) is 28.5. The zero-order valence-corrected chi connectivity index (χ0v) is 19.3. The van der Waals surface area contributed by atoms with E-state index in [4.69, 9.17) is 15.5 Å². The number of carbonyl (C=O) groups excluding carboxylic acids is 1. The highest BCUT2D eigenvalue weighted by Gasteiger charge is 2.55. The molecular weight excluding hydrogens is 446 g/mol. The van der Waals surface area contributed by atoms with Gasteiger partial charge in [-0.3, -0.25) is 9.78 Å². The van der Waals surface area contributed by atoms with E-state index in [9.17, 15) is 13.6 Å². The lowest BCUT2D eigenvalue weighted by atomic mass is 9.67. The quantitative estimate of drug-likeness (QED) is 0.706. The lowest BCUT2D eigenvalue weighted by molar-refractivity contribution is -0.132. The third-order valence-electron chi connectivity index (χ3n) is 6.79. The van der Waals surface area contributed by atoms with Crippen molar-refractivity contribution in [3.05, 3.63) is 48.0 Å². The number of thioether (sulfide) groups is 1. The second-order valence-electron chi connectivity index (χ2n) is 9.48. The van der Waals surface area contributed by atoms with Crippen LogP contribution in [0.3, 0.4) is 0 Å². The Morgan fingerprint density at radius 2 is 2.09 bits per heavy atom. The summed E-state index contributed by atoms with van der Waals surface area (Å²) in [6.45, 7) is 2.52. The van der Waals surface area contributed by atoms with Crippen LogP contribution in [-0.2, 0) is 10.3 Å². The number of alkyl halides is 1. The molecule has 2 aromatic rings. The summed E-state index contributed by atoms with van der Waals surface area (Å²) in [5.74, 6) is 0.339. The first-order chi connectivity index (χ1) is 15.7. The first-order valence-corrected chi connectivity index (χ1v) is 12.0. The molecule has 9 heteroatoms. The van der Waals surface area contributed by atoms with Gasteiger partial charge in [-0.05, 0) is 56.9 Å². The molecule has 4 atom stereocenters. The first-order valence-electron chi connectivity index (χ1n) is 11.1. The van der Waals surface area contributed by atoms with Crippen molar-refractivity contribution in [3.8, 4) is 16.9 Å². The number of amides is 1. The number of pyridine rings is 1. The van der Waals surface area contributed by atoms with Gasteiger partial charge in [-0.25, -0.2) is 13.8 Å². The molecule has 5 rings (SSSR count). The molecular formula is C24H26F2N4O2S. The molecule has 2 aliphatic heterocycles. The summed E-state index contributed by atoms with van der Waals surface area (Å²) >= 11 is 1.50. The SMILES string of the molecule is CC(C)(F)C(=O)N[C@H]1CC[C@@H]2Oc3ccc(-c4cncc(F)c4)cc3C3(CSC(N)=N3)[C@H]2C1. The van der Waals surface area contributed by atoms with Crippen LogP contribution in [0, 0.1) is 11.7 Å². The van der Waals surface area contributed by atoms with Crippen molar-refractivity contribution in [3.63, 3.8) is 0 Å². The number of ether oxygens (including phenoxy) is 1. The van der Waals surface area contributed by atoms with E-state index in [0.29, 0.717) is 29.3 Å². The molecule has 1 fully saturated rings. The third-order valence-corrected chi connectivity index (χ3v) is 7.76. The molecule has 6 nitrogen and oxygen atoms in total. The number of fused-ring (bicyclic) bond motifs is 4. The fourth-order valence-electron chi connectivity index (χ4n) is 5.13. The highest BCUT2D eigenvalue weighted by molar-refractivity contribution is 8.14. The molecule has 33 heavy (non-hydrogen) atoms. The Morgan fingerprint density at radius 1 is 1.27 bits per heavy atom. The van der Waals surface area contributed by atoms with Gasteiger partial charge in [-0.15, -0.1) is 0 Å². The van der Waals surface area contributed by atoms with Crippen molar-refractivity contribution in [2.75, 3.05) is 5.75 Å². The predicted octanol–water partition coefficient (Wildman–Crippen LogP) is 3.94. The highest BCUT2D eigenvalue weighted by Crippen LogP contribution is 2.54. The molecule has 3 aliphatic rings. The van der Waals surface area contributed by atoms with E-state index in [1.807, 2.05) is 18.2 Å². The largest absolute Gasteiger partial charge is 0.490 e. The minimum Gasteiger partial charge on any atom is -0.490 e. The zero-order chi connectivity index (χ0) is 23.4. The number of hydrogen-bond acceptors (Lipinski definition) is 6. The number of nitrogens with one attached hydrogen (secondary N) is 1. The van der Waals surface area contributed by atoms with Crippen molar-refractivity contribution >= 4 is 22.8 Å². The van der Waals surface area contributed by atoms with Crippen LogP contribution in [-0.4, -0.2) is 39.6 Å². The Balaban J connectivity index is 1.53. The van der Waals surface area contributed by atoms with Crippen LogP contribution in [0.2, 0.25) is 0 Å². The number of aromatic nitrogens is 1. The summed E-state index contributed by atoms with van der Waals surface area (Å²) in [7, 11) is 0. The van der Waals surface area contributed by atoms with Gasteiger partial charge in [0.2, 0.25) is 0 Å². The number of nitrogens with two attached hydrogens (primary N) is 1. The number of nitrogens with zero attached hydrogens (tertiary/aromatic N) is 2. The van der Waals surface area contributed by atoms with E-state index < -0.39 is 22.9 Å². The number of benzene rings is 1. The molecule has 1 aromatic carbocycles. The van der Waals surface area contributed by atoms with E-state index in [2.05, 4.69) is 10.3 Å². The molecule has 1 unspecified atom stereocenters. The van der Waals surface area contributed by atoms with Crippen molar-refractivity contribution in [2.45, 2.75) is 56.5 Å². The molecule has 0 radical (unpaired) electrons. The van der Waals surface area contributed by atoms with E-state index in [1.54, 1.807) is 6.20 Å². The number of halogens is 2. The Hall–Kier alpha value is -2.68. The molecule has 1 aromatic heterocycles. The number of hydrogen-bond donors (Lipinski definition) is 2. The summed E-state index contributed by atoms with van der Waals surface area (Å²) < 4.78 is 34.3. The minimum atomic E-state index is -1.94. The predicted molar refractivity (Wildman–Crippen MR) is 124 cm³/mol.